The number of nitrogens with one attached hydrogen (secondary N) is 2. The summed E-state index contributed by atoms with van der Waals surface area (Å²) in [6, 6.07) is 11.9. The van der Waals surface area contributed by atoms with Crippen LogP contribution in [0.1, 0.15) is 0 Å². The number of halogens is 1. The summed E-state index contributed by atoms with van der Waals surface area (Å²) in [5.74, 6) is 0.105. The molecule has 3 rings (SSSR count). The molecule has 1 heterocycles. The fraction of sp³-hybridized carbons (Fsp3) is 0.316. The SMILES string of the molecule is COc1ccc(NC(=O)C[NH+]2CCN(S(=O)(=O)c3ccc(F)cc3)CC2)cc1. The molecule has 2 aromatic carbocycles. The Balaban J connectivity index is 1.51. The molecule has 150 valence electrons. The number of sulfonamides is 1. The summed E-state index contributed by atoms with van der Waals surface area (Å²) in [6.07, 6.45) is 0. The average Bonchev–Trinajstić information content (AvgIpc) is 2.69. The molecule has 0 aliphatic carbocycles. The van der Waals surface area contributed by atoms with Crippen molar-refractivity contribution in [3.8, 4) is 5.75 Å². The second kappa shape index (κ2) is 8.68. The number of hydrogen-bond donors (Lipinski definition) is 2. The Morgan fingerprint density at radius 3 is 2.29 bits per heavy atom. The van der Waals surface area contributed by atoms with Crippen molar-refractivity contribution in [3.05, 3.63) is 54.3 Å². The zero-order valence-corrected chi connectivity index (χ0v) is 16.3. The van der Waals surface area contributed by atoms with Crippen LogP contribution in [0.15, 0.2) is 53.4 Å². The minimum atomic E-state index is -3.64. The smallest absolute Gasteiger partial charge is 0.279 e. The van der Waals surface area contributed by atoms with Crippen LogP contribution in [0.2, 0.25) is 0 Å². The molecular weight excluding hydrogens is 385 g/mol. The average molecular weight is 408 g/mol. The molecule has 7 nitrogen and oxygen atoms in total. The summed E-state index contributed by atoms with van der Waals surface area (Å²) in [6.45, 7) is 1.93. The molecule has 1 fully saturated rings. The molecule has 0 unspecified atom stereocenters. The number of hydrogen-bond acceptors (Lipinski definition) is 4. The number of carbonyl (C=O) groups is 1. The number of nitrogens with zero attached hydrogens (tertiary/aromatic N) is 1. The highest BCUT2D eigenvalue weighted by molar-refractivity contribution is 7.89. The molecule has 28 heavy (non-hydrogen) atoms. The Bertz CT molecular complexity index is 909. The fourth-order valence-corrected chi connectivity index (χ4v) is 4.52. The van der Waals surface area contributed by atoms with E-state index in [0.29, 0.717) is 37.6 Å². The van der Waals surface area contributed by atoms with Gasteiger partial charge in [0.2, 0.25) is 10.0 Å². The van der Waals surface area contributed by atoms with Crippen LogP contribution in [-0.2, 0) is 14.8 Å². The standard InChI is InChI=1S/C19H22FN3O4S/c1-27-17-6-4-16(5-7-17)21-19(24)14-22-10-12-23(13-11-22)28(25,26)18-8-2-15(20)3-9-18/h2-9H,10-14H2,1H3,(H,21,24)/p+1. The van der Waals surface area contributed by atoms with Gasteiger partial charge in [-0.15, -0.1) is 0 Å². The first-order valence-corrected chi connectivity index (χ1v) is 10.4. The summed E-state index contributed by atoms with van der Waals surface area (Å²) in [4.78, 5) is 13.3. The number of benzene rings is 2. The quantitative estimate of drug-likeness (QED) is 0.724. The predicted octanol–water partition coefficient (Wildman–Crippen LogP) is 0.362. The van der Waals surface area contributed by atoms with Crippen molar-refractivity contribution in [2.45, 2.75) is 4.90 Å². The van der Waals surface area contributed by atoms with Crippen molar-refractivity contribution in [3.63, 3.8) is 0 Å². The Hall–Kier alpha value is -2.49. The number of anilines is 1. The molecule has 0 radical (unpaired) electrons. The second-order valence-electron chi connectivity index (χ2n) is 6.56. The lowest BCUT2D eigenvalue weighted by molar-refractivity contribution is -0.895. The third kappa shape index (κ3) is 4.86. The molecule has 0 atom stereocenters. The van der Waals surface area contributed by atoms with E-state index in [2.05, 4.69) is 5.32 Å². The molecule has 0 bridgehead atoms. The van der Waals surface area contributed by atoms with Crippen LogP contribution in [0.3, 0.4) is 0 Å². The van der Waals surface area contributed by atoms with Crippen LogP contribution >= 0.6 is 0 Å². The number of methoxy groups -OCH3 is 1. The van der Waals surface area contributed by atoms with Crippen molar-refractivity contribution in [1.82, 2.24) is 4.31 Å². The second-order valence-corrected chi connectivity index (χ2v) is 8.50. The maximum atomic E-state index is 13.0. The van der Waals surface area contributed by atoms with Crippen LogP contribution in [0.5, 0.6) is 5.75 Å². The van der Waals surface area contributed by atoms with Crippen LogP contribution in [-0.4, -0.2) is 58.5 Å². The van der Waals surface area contributed by atoms with E-state index >= 15 is 0 Å². The zero-order valence-electron chi connectivity index (χ0n) is 15.5. The Morgan fingerprint density at radius 1 is 1.11 bits per heavy atom. The van der Waals surface area contributed by atoms with E-state index in [4.69, 9.17) is 4.74 Å². The number of quaternary nitrogens is 1. The lowest BCUT2D eigenvalue weighted by Gasteiger charge is -2.31. The van der Waals surface area contributed by atoms with Gasteiger partial charge in [-0.3, -0.25) is 4.79 Å². The van der Waals surface area contributed by atoms with Crippen LogP contribution < -0.4 is 15.0 Å². The number of ether oxygens (including phenoxy) is 1. The van der Waals surface area contributed by atoms with E-state index < -0.39 is 15.8 Å². The first-order valence-electron chi connectivity index (χ1n) is 8.91. The van der Waals surface area contributed by atoms with Gasteiger partial charge in [0.15, 0.2) is 6.54 Å². The zero-order chi connectivity index (χ0) is 20.1. The maximum Gasteiger partial charge on any atom is 0.279 e. The Kier molecular flexibility index (Phi) is 6.28. The summed E-state index contributed by atoms with van der Waals surface area (Å²) in [5.41, 5.74) is 0.683. The topological polar surface area (TPSA) is 80.2 Å². The molecule has 1 amide bonds. The highest BCUT2D eigenvalue weighted by atomic mass is 32.2. The van der Waals surface area contributed by atoms with E-state index in [0.717, 1.165) is 17.0 Å². The molecule has 1 aliphatic rings. The van der Waals surface area contributed by atoms with Crippen LogP contribution in [0, 0.1) is 5.82 Å². The molecule has 0 aromatic heterocycles. The summed E-state index contributed by atoms with van der Waals surface area (Å²) >= 11 is 0. The Morgan fingerprint density at radius 2 is 1.71 bits per heavy atom. The fourth-order valence-electron chi connectivity index (χ4n) is 3.08. The number of piperazine rings is 1. The monoisotopic (exact) mass is 408 g/mol. The third-order valence-electron chi connectivity index (χ3n) is 4.67. The number of carbonyl (C=O) groups excluding carboxylic acids is 1. The third-order valence-corrected chi connectivity index (χ3v) is 6.58. The van der Waals surface area contributed by atoms with Gasteiger partial charge < -0.3 is 15.0 Å². The number of rotatable bonds is 6. The van der Waals surface area contributed by atoms with Gasteiger partial charge in [-0.05, 0) is 48.5 Å². The normalized spacial score (nSPS) is 15.9. The van der Waals surface area contributed by atoms with Gasteiger partial charge in [-0.2, -0.15) is 4.31 Å². The molecule has 1 aliphatic heterocycles. The summed E-state index contributed by atoms with van der Waals surface area (Å²) < 4.78 is 44.7. The first kappa shape index (κ1) is 20.2. The van der Waals surface area contributed by atoms with E-state index in [1.54, 1.807) is 31.4 Å². The van der Waals surface area contributed by atoms with Crippen molar-refractivity contribution in [2.24, 2.45) is 0 Å². The van der Waals surface area contributed by atoms with Crippen LogP contribution in [0.4, 0.5) is 10.1 Å². The molecule has 0 spiro atoms. The van der Waals surface area contributed by atoms with Gasteiger partial charge in [0.1, 0.15) is 11.6 Å². The van der Waals surface area contributed by atoms with Gasteiger partial charge in [0.05, 0.1) is 38.2 Å². The van der Waals surface area contributed by atoms with Gasteiger partial charge in [-0.25, -0.2) is 12.8 Å². The number of amides is 1. The van der Waals surface area contributed by atoms with Gasteiger partial charge >= 0.3 is 0 Å². The Labute approximate surface area is 163 Å². The largest absolute Gasteiger partial charge is 0.497 e. The summed E-state index contributed by atoms with van der Waals surface area (Å²) in [5, 5.41) is 2.83. The molecule has 2 N–H and O–H groups in total. The van der Waals surface area contributed by atoms with Gasteiger partial charge in [0, 0.05) is 5.69 Å². The molecule has 2 aromatic rings. The first-order chi connectivity index (χ1) is 13.4. The highest BCUT2D eigenvalue weighted by Crippen LogP contribution is 2.16. The highest BCUT2D eigenvalue weighted by Gasteiger charge is 2.31. The van der Waals surface area contributed by atoms with Gasteiger partial charge in [-0.1, -0.05) is 0 Å². The van der Waals surface area contributed by atoms with Crippen molar-refractivity contribution in [1.29, 1.82) is 0 Å². The van der Waals surface area contributed by atoms with Crippen LogP contribution in [0.25, 0.3) is 0 Å². The minimum absolute atomic E-state index is 0.0783. The summed E-state index contributed by atoms with van der Waals surface area (Å²) in [7, 11) is -2.07. The minimum Gasteiger partial charge on any atom is -0.497 e. The van der Waals surface area contributed by atoms with Crippen molar-refractivity contribution < 1.29 is 27.2 Å². The van der Waals surface area contributed by atoms with E-state index in [1.165, 1.54) is 16.4 Å². The lowest BCUT2D eigenvalue weighted by Crippen LogP contribution is -3.15. The van der Waals surface area contributed by atoms with Crippen molar-refractivity contribution >= 4 is 21.6 Å². The molecular formula is C19H23FN3O4S+. The lowest BCUT2D eigenvalue weighted by atomic mass is 10.3. The van der Waals surface area contributed by atoms with E-state index in [-0.39, 0.29) is 17.3 Å². The van der Waals surface area contributed by atoms with Crippen molar-refractivity contribution in [2.75, 3.05) is 45.2 Å². The van der Waals surface area contributed by atoms with Gasteiger partial charge in [0.25, 0.3) is 5.91 Å². The van der Waals surface area contributed by atoms with E-state index in [9.17, 15) is 17.6 Å². The predicted molar refractivity (Wildman–Crippen MR) is 102 cm³/mol. The maximum absolute atomic E-state index is 13.0. The molecule has 1 saturated heterocycles. The van der Waals surface area contributed by atoms with E-state index in [1.807, 2.05) is 0 Å². The molecule has 0 saturated carbocycles. The molecule has 9 heteroatoms.